The van der Waals surface area contributed by atoms with Crippen molar-refractivity contribution in [3.05, 3.63) is 64.7 Å². The summed E-state index contributed by atoms with van der Waals surface area (Å²) in [5.41, 5.74) is 2.18. The molecule has 0 aliphatic carbocycles. The molecule has 2 aromatic carbocycles. The van der Waals surface area contributed by atoms with Crippen molar-refractivity contribution in [2.45, 2.75) is 38.6 Å². The number of carbonyl (C=O) groups is 4. The lowest BCUT2D eigenvalue weighted by atomic mass is 10.0. The normalized spacial score (nSPS) is 21.2. The predicted octanol–water partition coefficient (Wildman–Crippen LogP) is 1.39. The van der Waals surface area contributed by atoms with Crippen LogP contribution in [0, 0.1) is 0 Å². The van der Waals surface area contributed by atoms with E-state index in [1.54, 1.807) is 35.2 Å². The molecule has 0 aromatic heterocycles. The van der Waals surface area contributed by atoms with E-state index >= 15 is 0 Å². The summed E-state index contributed by atoms with van der Waals surface area (Å²) in [4.78, 5) is 51.8. The van der Waals surface area contributed by atoms with E-state index in [-0.39, 0.29) is 69.0 Å². The minimum absolute atomic E-state index is 0.0114. The van der Waals surface area contributed by atoms with E-state index in [1.807, 2.05) is 0 Å². The molecule has 1 N–H and O–H groups in total. The van der Waals surface area contributed by atoms with Crippen LogP contribution in [0.2, 0.25) is 0 Å². The van der Waals surface area contributed by atoms with Gasteiger partial charge < -0.3 is 19.3 Å². The van der Waals surface area contributed by atoms with Crippen molar-refractivity contribution < 1.29 is 31.4 Å². The first-order valence-corrected chi connectivity index (χ1v) is 11.2. The van der Waals surface area contributed by atoms with Gasteiger partial charge in [0.05, 0.1) is 15.9 Å². The maximum atomic E-state index is 13.0. The summed E-state index contributed by atoms with van der Waals surface area (Å²) in [5, 5.41) is 2.29. The van der Waals surface area contributed by atoms with Crippen molar-refractivity contribution >= 4 is 23.6 Å². The van der Waals surface area contributed by atoms with Crippen LogP contribution in [0.15, 0.2) is 42.4 Å². The van der Waals surface area contributed by atoms with E-state index in [0.717, 1.165) is 0 Å². The molecule has 0 radical (unpaired) electrons. The SMILES string of the molecule is [2H]c1cc(COc2cccc3c2CN(C2CCC(=O)NC2=O)C3=O)cc([2H])c1CN1CCOCC1=O. The molecule has 2 aromatic rings. The first kappa shape index (κ1) is 19.7. The molecule has 0 saturated carbocycles. The number of amides is 4. The second kappa shape index (κ2) is 9.26. The Morgan fingerprint density at radius 3 is 2.71 bits per heavy atom. The van der Waals surface area contributed by atoms with Crippen LogP contribution >= 0.6 is 0 Å². The maximum Gasteiger partial charge on any atom is 0.255 e. The first-order chi connectivity index (χ1) is 17.3. The highest BCUT2D eigenvalue weighted by Gasteiger charge is 2.40. The fourth-order valence-corrected chi connectivity index (χ4v) is 4.38. The number of hydrogen-bond donors (Lipinski definition) is 1. The number of ether oxygens (including phenoxy) is 2. The summed E-state index contributed by atoms with van der Waals surface area (Å²) >= 11 is 0. The van der Waals surface area contributed by atoms with Gasteiger partial charge in [0.2, 0.25) is 17.7 Å². The molecule has 9 nitrogen and oxygen atoms in total. The summed E-state index contributed by atoms with van der Waals surface area (Å²) < 4.78 is 27.9. The van der Waals surface area contributed by atoms with E-state index in [2.05, 4.69) is 5.32 Å². The smallest absolute Gasteiger partial charge is 0.255 e. The molecule has 3 aliphatic rings. The molecule has 1 atom stereocenters. The summed E-state index contributed by atoms with van der Waals surface area (Å²) in [6, 6.07) is 7.94. The molecule has 9 heteroatoms. The van der Waals surface area contributed by atoms with Crippen LogP contribution in [0.1, 0.15) is 42.6 Å². The number of nitrogens with one attached hydrogen (secondary N) is 1. The van der Waals surface area contributed by atoms with Crippen LogP contribution in [0.4, 0.5) is 0 Å². The van der Waals surface area contributed by atoms with Gasteiger partial charge in [-0.15, -0.1) is 0 Å². The van der Waals surface area contributed by atoms with Crippen LogP contribution < -0.4 is 10.1 Å². The number of rotatable bonds is 6. The number of morpholine rings is 1. The molecular weight excluding hydrogens is 438 g/mol. The molecule has 34 heavy (non-hydrogen) atoms. The molecule has 4 amide bonds. The lowest BCUT2D eigenvalue weighted by molar-refractivity contribution is -0.143. The molecular formula is C25H25N3O6. The standard InChI is InChI=1S/C25H25N3O6/c29-22-9-8-20(24(31)26-22)28-13-19-18(25(28)32)2-1-3-21(19)34-14-17-6-4-16(5-7-17)12-27-10-11-33-15-23(27)30/h1-7,20H,8-15H2,(H,26,29,31)/i4D,5D. The average Bonchev–Trinajstić information content (AvgIpc) is 3.18. The third kappa shape index (κ3) is 4.38. The summed E-state index contributed by atoms with van der Waals surface area (Å²) in [7, 11) is 0. The second-order valence-corrected chi connectivity index (χ2v) is 8.47. The van der Waals surface area contributed by atoms with Gasteiger partial charge in [0, 0.05) is 30.6 Å². The lowest BCUT2D eigenvalue weighted by Gasteiger charge is -2.29. The lowest BCUT2D eigenvalue weighted by Crippen LogP contribution is -2.52. The van der Waals surface area contributed by atoms with Crippen molar-refractivity contribution in [3.63, 3.8) is 0 Å². The quantitative estimate of drug-likeness (QED) is 0.647. The van der Waals surface area contributed by atoms with Gasteiger partial charge in [0.25, 0.3) is 5.91 Å². The number of piperidine rings is 1. The predicted molar refractivity (Wildman–Crippen MR) is 119 cm³/mol. The van der Waals surface area contributed by atoms with Crippen LogP contribution in [0.3, 0.4) is 0 Å². The van der Waals surface area contributed by atoms with Gasteiger partial charge in [-0.3, -0.25) is 24.5 Å². The number of benzene rings is 2. The Bertz CT molecular complexity index is 1240. The van der Waals surface area contributed by atoms with Gasteiger partial charge >= 0.3 is 0 Å². The minimum Gasteiger partial charge on any atom is -0.489 e. The van der Waals surface area contributed by atoms with Crippen LogP contribution in [-0.4, -0.2) is 59.2 Å². The Labute approximate surface area is 199 Å². The molecule has 0 bridgehead atoms. The number of nitrogens with zero attached hydrogens (tertiary/aromatic N) is 2. The summed E-state index contributed by atoms with van der Waals surface area (Å²) in [6.45, 7) is 1.33. The third-order valence-corrected chi connectivity index (χ3v) is 6.23. The zero-order valence-corrected chi connectivity index (χ0v) is 18.5. The number of fused-ring (bicyclic) bond motifs is 1. The molecule has 3 aliphatic heterocycles. The minimum atomic E-state index is -0.710. The molecule has 2 saturated heterocycles. The van der Waals surface area contributed by atoms with Gasteiger partial charge in [0.15, 0.2) is 0 Å². The molecule has 176 valence electrons. The van der Waals surface area contributed by atoms with Crippen molar-refractivity contribution in [1.29, 1.82) is 0 Å². The van der Waals surface area contributed by atoms with Crippen LogP contribution in [-0.2, 0) is 38.8 Å². The highest BCUT2D eigenvalue weighted by molar-refractivity contribution is 6.05. The highest BCUT2D eigenvalue weighted by Crippen LogP contribution is 2.34. The Morgan fingerprint density at radius 1 is 1.12 bits per heavy atom. The zero-order chi connectivity index (χ0) is 25.4. The molecule has 2 fully saturated rings. The Balaban J connectivity index is 1.29. The van der Waals surface area contributed by atoms with E-state index in [1.165, 1.54) is 4.90 Å². The summed E-state index contributed by atoms with van der Waals surface area (Å²) in [5.74, 6) is -0.772. The van der Waals surface area contributed by atoms with Crippen LogP contribution in [0.5, 0.6) is 5.75 Å². The van der Waals surface area contributed by atoms with E-state index in [0.29, 0.717) is 41.2 Å². The van der Waals surface area contributed by atoms with Gasteiger partial charge in [0.1, 0.15) is 25.0 Å². The Morgan fingerprint density at radius 2 is 1.94 bits per heavy atom. The number of carbonyl (C=O) groups excluding carboxylic acids is 4. The fraction of sp³-hybridized carbons (Fsp3) is 0.360. The van der Waals surface area contributed by atoms with Gasteiger partial charge in [-0.25, -0.2) is 0 Å². The average molecular weight is 466 g/mol. The molecule has 1 unspecified atom stereocenters. The fourth-order valence-electron chi connectivity index (χ4n) is 4.38. The van der Waals surface area contributed by atoms with Crippen molar-refractivity contribution in [2.75, 3.05) is 19.8 Å². The molecule has 5 rings (SSSR count). The van der Waals surface area contributed by atoms with Crippen molar-refractivity contribution in [2.24, 2.45) is 0 Å². The molecule has 0 spiro atoms. The van der Waals surface area contributed by atoms with E-state index < -0.39 is 11.9 Å². The van der Waals surface area contributed by atoms with Crippen LogP contribution in [0.25, 0.3) is 0 Å². The first-order valence-electron chi connectivity index (χ1n) is 12.2. The van der Waals surface area contributed by atoms with Gasteiger partial charge in [-0.1, -0.05) is 30.3 Å². The number of imide groups is 1. The maximum absolute atomic E-state index is 13.0. The van der Waals surface area contributed by atoms with Crippen molar-refractivity contribution in [3.8, 4) is 5.75 Å². The Kier molecular flexibility index (Phi) is 5.37. The summed E-state index contributed by atoms with van der Waals surface area (Å²) in [6.07, 6.45) is 0.460. The zero-order valence-electron chi connectivity index (χ0n) is 20.5. The van der Waals surface area contributed by atoms with E-state index in [4.69, 9.17) is 12.2 Å². The largest absolute Gasteiger partial charge is 0.489 e. The molecule has 3 heterocycles. The van der Waals surface area contributed by atoms with Gasteiger partial charge in [-0.05, 0) is 29.7 Å². The van der Waals surface area contributed by atoms with Crippen molar-refractivity contribution in [1.82, 2.24) is 15.1 Å². The topological polar surface area (TPSA) is 105 Å². The van der Waals surface area contributed by atoms with E-state index in [9.17, 15) is 19.2 Å². The Hall–Kier alpha value is -3.72. The second-order valence-electron chi connectivity index (χ2n) is 8.47. The highest BCUT2D eigenvalue weighted by atomic mass is 16.5. The number of hydrogen-bond acceptors (Lipinski definition) is 6. The van der Waals surface area contributed by atoms with Gasteiger partial charge in [-0.2, -0.15) is 0 Å². The third-order valence-electron chi connectivity index (χ3n) is 6.23. The monoisotopic (exact) mass is 465 g/mol.